The monoisotopic (exact) mass is 302 g/mol. The van der Waals surface area contributed by atoms with E-state index in [2.05, 4.69) is 12.1 Å². The predicted molar refractivity (Wildman–Crippen MR) is 83.5 cm³/mol. The van der Waals surface area contributed by atoms with Crippen LogP contribution in [0.3, 0.4) is 0 Å². The highest BCUT2D eigenvalue weighted by Gasteiger charge is 2.26. The van der Waals surface area contributed by atoms with E-state index in [1.807, 2.05) is 12.1 Å². The molecule has 0 aromatic heterocycles. The molecular formula is C16H18N2O2S. The average molecular weight is 302 g/mol. The molecule has 0 fully saturated rings. The van der Waals surface area contributed by atoms with Gasteiger partial charge in [-0.1, -0.05) is 30.3 Å². The maximum absolute atomic E-state index is 12.7. The van der Waals surface area contributed by atoms with Crippen LogP contribution in [0.4, 0.5) is 5.69 Å². The lowest BCUT2D eigenvalue weighted by atomic mass is 10.0. The Labute approximate surface area is 125 Å². The van der Waals surface area contributed by atoms with Gasteiger partial charge in [-0.05, 0) is 42.2 Å². The van der Waals surface area contributed by atoms with Crippen LogP contribution in [0.15, 0.2) is 53.4 Å². The summed E-state index contributed by atoms with van der Waals surface area (Å²) in [6.45, 7) is 1.02. The molecule has 1 aliphatic heterocycles. The Morgan fingerprint density at radius 1 is 0.905 bits per heavy atom. The van der Waals surface area contributed by atoms with E-state index in [0.717, 1.165) is 12.8 Å². The number of anilines is 1. The Hall–Kier alpha value is -1.85. The topological polar surface area (TPSA) is 63.4 Å². The Morgan fingerprint density at radius 2 is 1.52 bits per heavy atom. The summed E-state index contributed by atoms with van der Waals surface area (Å²) in [7, 11) is -3.47. The van der Waals surface area contributed by atoms with E-state index >= 15 is 0 Å². The van der Waals surface area contributed by atoms with Gasteiger partial charge in [0.15, 0.2) is 0 Å². The van der Waals surface area contributed by atoms with E-state index in [0.29, 0.717) is 18.8 Å². The van der Waals surface area contributed by atoms with Crippen molar-refractivity contribution < 1.29 is 8.42 Å². The van der Waals surface area contributed by atoms with Crippen molar-refractivity contribution in [3.8, 4) is 0 Å². The molecule has 0 spiro atoms. The molecule has 1 heterocycles. The van der Waals surface area contributed by atoms with Gasteiger partial charge in [0, 0.05) is 18.8 Å². The molecule has 110 valence electrons. The molecular weight excluding hydrogens is 284 g/mol. The molecule has 0 atom stereocenters. The molecule has 21 heavy (non-hydrogen) atoms. The molecule has 0 bridgehead atoms. The Morgan fingerprint density at radius 3 is 2.10 bits per heavy atom. The summed E-state index contributed by atoms with van der Waals surface area (Å²) in [5, 5.41) is 0. The first-order valence-electron chi connectivity index (χ1n) is 7.00. The van der Waals surface area contributed by atoms with Crippen LogP contribution in [-0.4, -0.2) is 25.8 Å². The van der Waals surface area contributed by atoms with Crippen LogP contribution in [0.25, 0.3) is 0 Å². The smallest absolute Gasteiger partial charge is 0.243 e. The summed E-state index contributed by atoms with van der Waals surface area (Å²) < 4.78 is 27.0. The Kier molecular flexibility index (Phi) is 3.69. The maximum atomic E-state index is 12.7. The largest absolute Gasteiger partial charge is 0.399 e. The number of nitrogens with zero attached hydrogens (tertiary/aromatic N) is 1. The van der Waals surface area contributed by atoms with Gasteiger partial charge in [0.25, 0.3) is 0 Å². The second-order valence-electron chi connectivity index (χ2n) is 5.25. The number of sulfonamides is 1. The molecule has 4 nitrogen and oxygen atoms in total. The van der Waals surface area contributed by atoms with Gasteiger partial charge in [0.2, 0.25) is 10.0 Å². The second kappa shape index (κ2) is 5.50. The molecule has 0 saturated heterocycles. The standard InChI is InChI=1S/C16H18N2O2S/c17-15-6-3-7-16(12-15)21(19,20)18-10-8-13-4-1-2-5-14(13)9-11-18/h1-7,12H,8-11,17H2. The summed E-state index contributed by atoms with van der Waals surface area (Å²) >= 11 is 0. The van der Waals surface area contributed by atoms with E-state index in [-0.39, 0.29) is 4.90 Å². The number of fused-ring (bicyclic) bond motifs is 1. The first kappa shape index (κ1) is 14.1. The van der Waals surface area contributed by atoms with Crippen molar-refractivity contribution in [2.75, 3.05) is 18.8 Å². The van der Waals surface area contributed by atoms with Crippen molar-refractivity contribution in [2.45, 2.75) is 17.7 Å². The lowest BCUT2D eigenvalue weighted by molar-refractivity contribution is 0.426. The first-order chi connectivity index (χ1) is 10.1. The van der Waals surface area contributed by atoms with E-state index in [9.17, 15) is 8.42 Å². The van der Waals surface area contributed by atoms with E-state index in [1.165, 1.54) is 17.2 Å². The SMILES string of the molecule is Nc1cccc(S(=O)(=O)N2CCc3ccccc3CC2)c1. The minimum absolute atomic E-state index is 0.272. The molecule has 1 aliphatic rings. The molecule has 2 N–H and O–H groups in total. The van der Waals surface area contributed by atoms with Crippen LogP contribution in [0.5, 0.6) is 0 Å². The van der Waals surface area contributed by atoms with Gasteiger partial charge < -0.3 is 5.73 Å². The highest BCUT2D eigenvalue weighted by molar-refractivity contribution is 7.89. The first-order valence-corrected chi connectivity index (χ1v) is 8.44. The average Bonchev–Trinajstić information content (AvgIpc) is 2.70. The molecule has 0 aliphatic carbocycles. The summed E-state index contributed by atoms with van der Waals surface area (Å²) in [5.74, 6) is 0. The van der Waals surface area contributed by atoms with Crippen molar-refractivity contribution >= 4 is 15.7 Å². The Balaban J connectivity index is 1.88. The van der Waals surface area contributed by atoms with Crippen molar-refractivity contribution in [3.05, 3.63) is 59.7 Å². The predicted octanol–water partition coefficient (Wildman–Crippen LogP) is 2.06. The zero-order valence-corrected chi connectivity index (χ0v) is 12.5. The number of hydrogen-bond acceptors (Lipinski definition) is 3. The molecule has 2 aromatic carbocycles. The van der Waals surface area contributed by atoms with Gasteiger partial charge in [0.1, 0.15) is 0 Å². The number of nitrogen functional groups attached to an aromatic ring is 1. The number of nitrogens with two attached hydrogens (primary N) is 1. The van der Waals surface area contributed by atoms with Crippen molar-refractivity contribution in [3.63, 3.8) is 0 Å². The quantitative estimate of drug-likeness (QED) is 0.864. The van der Waals surface area contributed by atoms with Crippen molar-refractivity contribution in [1.29, 1.82) is 0 Å². The molecule has 5 heteroatoms. The van der Waals surface area contributed by atoms with Gasteiger partial charge in [-0.2, -0.15) is 4.31 Å². The third-order valence-corrected chi connectivity index (χ3v) is 5.77. The van der Waals surface area contributed by atoms with Gasteiger partial charge in [-0.15, -0.1) is 0 Å². The normalized spacial score (nSPS) is 16.2. The second-order valence-corrected chi connectivity index (χ2v) is 7.18. The van der Waals surface area contributed by atoms with Crippen LogP contribution in [0.2, 0.25) is 0 Å². The van der Waals surface area contributed by atoms with E-state index in [4.69, 9.17) is 5.73 Å². The Bertz CT molecular complexity index is 729. The number of rotatable bonds is 2. The van der Waals surface area contributed by atoms with E-state index in [1.54, 1.807) is 22.5 Å². The lowest BCUT2D eigenvalue weighted by Crippen LogP contribution is -2.33. The lowest BCUT2D eigenvalue weighted by Gasteiger charge is -2.20. The summed E-state index contributed by atoms with van der Waals surface area (Å²) in [6, 6.07) is 14.6. The fraction of sp³-hybridized carbons (Fsp3) is 0.250. The summed E-state index contributed by atoms with van der Waals surface area (Å²) in [6.07, 6.45) is 1.50. The zero-order valence-electron chi connectivity index (χ0n) is 11.7. The third-order valence-electron chi connectivity index (χ3n) is 3.88. The van der Waals surface area contributed by atoms with Gasteiger partial charge in [-0.3, -0.25) is 0 Å². The fourth-order valence-electron chi connectivity index (χ4n) is 2.71. The van der Waals surface area contributed by atoms with Crippen molar-refractivity contribution in [2.24, 2.45) is 0 Å². The molecule has 0 saturated carbocycles. The molecule has 2 aromatic rings. The third kappa shape index (κ3) is 2.80. The van der Waals surface area contributed by atoms with Crippen LogP contribution >= 0.6 is 0 Å². The summed E-state index contributed by atoms with van der Waals surface area (Å²) in [4.78, 5) is 0.272. The minimum atomic E-state index is -3.47. The van der Waals surface area contributed by atoms with Gasteiger partial charge >= 0.3 is 0 Å². The fourth-order valence-corrected chi connectivity index (χ4v) is 4.21. The number of hydrogen-bond donors (Lipinski definition) is 1. The zero-order chi connectivity index (χ0) is 14.9. The molecule has 0 radical (unpaired) electrons. The van der Waals surface area contributed by atoms with Crippen LogP contribution < -0.4 is 5.73 Å². The van der Waals surface area contributed by atoms with Crippen LogP contribution in [-0.2, 0) is 22.9 Å². The molecule has 0 amide bonds. The van der Waals surface area contributed by atoms with Gasteiger partial charge in [-0.25, -0.2) is 8.42 Å². The van der Waals surface area contributed by atoms with Gasteiger partial charge in [0.05, 0.1) is 4.90 Å². The highest BCUT2D eigenvalue weighted by Crippen LogP contribution is 2.22. The molecule has 3 rings (SSSR count). The van der Waals surface area contributed by atoms with Crippen LogP contribution in [0.1, 0.15) is 11.1 Å². The highest BCUT2D eigenvalue weighted by atomic mass is 32.2. The number of benzene rings is 2. The van der Waals surface area contributed by atoms with Crippen molar-refractivity contribution in [1.82, 2.24) is 4.31 Å². The molecule has 0 unspecified atom stereocenters. The minimum Gasteiger partial charge on any atom is -0.399 e. The maximum Gasteiger partial charge on any atom is 0.243 e. The summed E-state index contributed by atoms with van der Waals surface area (Å²) in [5.41, 5.74) is 8.65. The van der Waals surface area contributed by atoms with E-state index < -0.39 is 10.0 Å². The van der Waals surface area contributed by atoms with Crippen LogP contribution in [0, 0.1) is 0 Å².